The summed E-state index contributed by atoms with van der Waals surface area (Å²) in [4.78, 5) is 31.0. The van der Waals surface area contributed by atoms with Gasteiger partial charge in [0.25, 0.3) is 5.56 Å². The van der Waals surface area contributed by atoms with E-state index in [1.165, 1.54) is 11.8 Å². The monoisotopic (exact) mass is 309 g/mol. The number of aliphatic hydroxyl groups is 1. The Labute approximate surface area is 127 Å². The molecule has 1 unspecified atom stereocenters. The van der Waals surface area contributed by atoms with Crippen LogP contribution in [0.25, 0.3) is 0 Å². The SMILES string of the molecule is CCc1c(C)nc2n(c1=O)CC(C(=O)N1CC(O)C1)CS2. The summed E-state index contributed by atoms with van der Waals surface area (Å²) in [5.41, 5.74) is 1.50. The van der Waals surface area contributed by atoms with Gasteiger partial charge in [-0.15, -0.1) is 0 Å². The van der Waals surface area contributed by atoms with Gasteiger partial charge in [-0.1, -0.05) is 18.7 Å². The maximum atomic E-state index is 12.5. The third kappa shape index (κ3) is 2.48. The third-order valence-corrected chi connectivity index (χ3v) is 5.27. The molecule has 0 aromatic carbocycles. The van der Waals surface area contributed by atoms with E-state index in [1.54, 1.807) is 9.47 Å². The minimum Gasteiger partial charge on any atom is -0.389 e. The number of carbonyl (C=O) groups excluding carboxylic acids is 1. The van der Waals surface area contributed by atoms with Gasteiger partial charge in [-0.05, 0) is 13.3 Å². The summed E-state index contributed by atoms with van der Waals surface area (Å²) in [7, 11) is 0. The van der Waals surface area contributed by atoms with Gasteiger partial charge in [0, 0.05) is 36.6 Å². The summed E-state index contributed by atoms with van der Waals surface area (Å²) in [6.45, 7) is 5.02. The number of aliphatic hydroxyl groups excluding tert-OH is 1. The van der Waals surface area contributed by atoms with E-state index in [2.05, 4.69) is 4.98 Å². The Kier molecular flexibility index (Phi) is 3.79. The molecule has 7 heteroatoms. The second-order valence-electron chi connectivity index (χ2n) is 5.63. The molecule has 1 amide bonds. The fourth-order valence-electron chi connectivity index (χ4n) is 2.85. The van der Waals surface area contributed by atoms with Crippen LogP contribution in [0.15, 0.2) is 9.95 Å². The third-order valence-electron chi connectivity index (χ3n) is 4.13. The highest BCUT2D eigenvalue weighted by atomic mass is 32.2. The van der Waals surface area contributed by atoms with Crippen LogP contribution in [0, 0.1) is 12.8 Å². The quantitative estimate of drug-likeness (QED) is 0.781. The van der Waals surface area contributed by atoms with E-state index in [-0.39, 0.29) is 17.4 Å². The Balaban J connectivity index is 1.85. The van der Waals surface area contributed by atoms with E-state index in [1.807, 2.05) is 13.8 Å². The van der Waals surface area contributed by atoms with Gasteiger partial charge in [0.15, 0.2) is 5.16 Å². The van der Waals surface area contributed by atoms with Gasteiger partial charge in [-0.2, -0.15) is 0 Å². The normalized spacial score (nSPS) is 21.9. The zero-order chi connectivity index (χ0) is 15.1. The van der Waals surface area contributed by atoms with Gasteiger partial charge in [-0.25, -0.2) is 4.98 Å². The highest BCUT2D eigenvalue weighted by molar-refractivity contribution is 7.99. The largest absolute Gasteiger partial charge is 0.389 e. The smallest absolute Gasteiger partial charge is 0.257 e. The van der Waals surface area contributed by atoms with Crippen LogP contribution in [0.1, 0.15) is 18.2 Å². The summed E-state index contributed by atoms with van der Waals surface area (Å²) >= 11 is 1.47. The first-order valence-corrected chi connectivity index (χ1v) is 8.19. The van der Waals surface area contributed by atoms with Crippen LogP contribution < -0.4 is 5.56 Å². The van der Waals surface area contributed by atoms with Crippen molar-refractivity contribution in [1.29, 1.82) is 0 Å². The number of aryl methyl sites for hydroxylation is 1. The molecule has 0 aliphatic carbocycles. The van der Waals surface area contributed by atoms with Gasteiger partial charge in [0.2, 0.25) is 5.91 Å². The number of carbonyl (C=O) groups is 1. The first-order valence-electron chi connectivity index (χ1n) is 7.21. The van der Waals surface area contributed by atoms with Crippen LogP contribution in [0.2, 0.25) is 0 Å². The molecule has 1 aromatic rings. The minimum atomic E-state index is -0.392. The predicted octanol–water partition coefficient (Wildman–Crippen LogP) is 0.0391. The van der Waals surface area contributed by atoms with Crippen molar-refractivity contribution in [1.82, 2.24) is 14.5 Å². The Bertz CT molecular complexity index is 637. The van der Waals surface area contributed by atoms with Crippen molar-refractivity contribution in [2.75, 3.05) is 18.8 Å². The summed E-state index contributed by atoms with van der Waals surface area (Å²) in [5, 5.41) is 10.0. The van der Waals surface area contributed by atoms with Crippen LogP contribution in [0.3, 0.4) is 0 Å². The second-order valence-corrected chi connectivity index (χ2v) is 6.62. The van der Waals surface area contributed by atoms with Gasteiger partial charge >= 0.3 is 0 Å². The lowest BCUT2D eigenvalue weighted by molar-refractivity contribution is -0.145. The highest BCUT2D eigenvalue weighted by Crippen LogP contribution is 2.28. The average molecular weight is 309 g/mol. The second kappa shape index (κ2) is 5.46. The molecule has 0 saturated carbocycles. The van der Waals surface area contributed by atoms with E-state index >= 15 is 0 Å². The molecule has 114 valence electrons. The fourth-order valence-corrected chi connectivity index (χ4v) is 3.96. The summed E-state index contributed by atoms with van der Waals surface area (Å²) in [6, 6.07) is 0. The molecule has 0 bridgehead atoms. The highest BCUT2D eigenvalue weighted by Gasteiger charge is 2.36. The fraction of sp³-hybridized carbons (Fsp3) is 0.643. The average Bonchev–Trinajstić information content (AvgIpc) is 2.43. The molecule has 1 N–H and O–H groups in total. The van der Waals surface area contributed by atoms with E-state index < -0.39 is 6.10 Å². The van der Waals surface area contributed by atoms with Gasteiger partial charge in [0.05, 0.1) is 12.0 Å². The van der Waals surface area contributed by atoms with E-state index in [4.69, 9.17) is 0 Å². The molecule has 0 spiro atoms. The van der Waals surface area contributed by atoms with Crippen molar-refractivity contribution in [3.05, 3.63) is 21.6 Å². The molecule has 21 heavy (non-hydrogen) atoms. The first kappa shape index (κ1) is 14.6. The van der Waals surface area contributed by atoms with Crippen LogP contribution in [0.5, 0.6) is 0 Å². The number of hydrogen-bond acceptors (Lipinski definition) is 5. The predicted molar refractivity (Wildman–Crippen MR) is 79.4 cm³/mol. The Morgan fingerprint density at radius 2 is 2.14 bits per heavy atom. The molecule has 1 fully saturated rings. The van der Waals surface area contributed by atoms with Crippen molar-refractivity contribution < 1.29 is 9.90 Å². The lowest BCUT2D eigenvalue weighted by atomic mass is 10.1. The van der Waals surface area contributed by atoms with E-state index in [9.17, 15) is 14.7 Å². The van der Waals surface area contributed by atoms with Crippen LogP contribution in [-0.2, 0) is 17.8 Å². The lowest BCUT2D eigenvalue weighted by Crippen LogP contribution is -2.56. The van der Waals surface area contributed by atoms with Crippen molar-refractivity contribution in [3.63, 3.8) is 0 Å². The zero-order valence-corrected chi connectivity index (χ0v) is 13.0. The number of hydrogen-bond donors (Lipinski definition) is 1. The molecule has 2 aliphatic heterocycles. The van der Waals surface area contributed by atoms with E-state index in [0.717, 1.165) is 11.3 Å². The molecule has 3 rings (SSSR count). The number of nitrogens with zero attached hydrogens (tertiary/aromatic N) is 3. The number of rotatable bonds is 2. The van der Waals surface area contributed by atoms with E-state index in [0.29, 0.717) is 37.0 Å². The maximum absolute atomic E-state index is 12.5. The number of aromatic nitrogens is 2. The van der Waals surface area contributed by atoms with Gasteiger partial charge in [-0.3, -0.25) is 14.2 Å². The van der Waals surface area contributed by atoms with Crippen molar-refractivity contribution in [3.8, 4) is 0 Å². The maximum Gasteiger partial charge on any atom is 0.257 e. The number of fused-ring (bicyclic) bond motifs is 1. The molecular weight excluding hydrogens is 290 g/mol. The lowest BCUT2D eigenvalue weighted by Gasteiger charge is -2.39. The molecule has 2 aliphatic rings. The molecule has 6 nitrogen and oxygen atoms in total. The molecular formula is C14H19N3O3S. The molecule has 0 radical (unpaired) electrons. The van der Waals surface area contributed by atoms with Gasteiger partial charge in [0.1, 0.15) is 0 Å². The van der Waals surface area contributed by atoms with Crippen LogP contribution in [-0.4, -0.2) is 50.4 Å². The number of β-amino-alcohol motifs (C(OH)–C–C–N with tert-alkyl or cyclic N) is 1. The minimum absolute atomic E-state index is 0.0198. The summed E-state index contributed by atoms with van der Waals surface area (Å²) < 4.78 is 1.64. The molecule has 1 saturated heterocycles. The Hall–Kier alpha value is -1.34. The van der Waals surface area contributed by atoms with Crippen molar-refractivity contribution in [2.45, 2.75) is 38.1 Å². The summed E-state index contributed by atoms with van der Waals surface area (Å²) in [6.07, 6.45) is 0.260. The number of amides is 1. The number of thioether (sulfide) groups is 1. The zero-order valence-electron chi connectivity index (χ0n) is 12.2. The molecule has 3 heterocycles. The van der Waals surface area contributed by atoms with Crippen molar-refractivity contribution in [2.24, 2.45) is 5.92 Å². The molecule has 1 aromatic heterocycles. The Morgan fingerprint density at radius 3 is 2.76 bits per heavy atom. The standard InChI is InChI=1S/C14H19N3O3S/c1-3-11-8(2)15-14-17(13(11)20)4-9(7-21-14)12(19)16-5-10(18)6-16/h9-10,18H,3-7H2,1-2H3. The topological polar surface area (TPSA) is 75.4 Å². The molecule has 1 atom stereocenters. The Morgan fingerprint density at radius 1 is 1.43 bits per heavy atom. The van der Waals surface area contributed by atoms with Gasteiger partial charge < -0.3 is 10.0 Å². The van der Waals surface area contributed by atoms with Crippen LogP contribution >= 0.6 is 11.8 Å². The summed E-state index contributed by atoms with van der Waals surface area (Å²) in [5.74, 6) is 0.467. The first-order chi connectivity index (χ1) is 10.0. The van der Waals surface area contributed by atoms with Crippen LogP contribution in [0.4, 0.5) is 0 Å². The number of likely N-dealkylation sites (tertiary alicyclic amines) is 1. The van der Waals surface area contributed by atoms with Crippen molar-refractivity contribution >= 4 is 17.7 Å².